The maximum absolute atomic E-state index is 13.0. The lowest BCUT2D eigenvalue weighted by molar-refractivity contribution is -0.139. The Balaban J connectivity index is 2.11. The SMILES string of the molecule is CCCOC(=O)C1=C(C)N=C2CC(C)(C)CC(=O)[C@H]2[C@H]1c1ccncc1. The molecule has 1 saturated carbocycles. The number of pyridine rings is 1. The predicted molar refractivity (Wildman–Crippen MR) is 99.9 cm³/mol. The summed E-state index contributed by atoms with van der Waals surface area (Å²) in [5.41, 5.74) is 2.86. The number of fused-ring (bicyclic) bond motifs is 1. The van der Waals surface area contributed by atoms with Crippen LogP contribution < -0.4 is 0 Å². The van der Waals surface area contributed by atoms with E-state index in [0.717, 1.165) is 24.1 Å². The van der Waals surface area contributed by atoms with Crippen LogP contribution in [0.15, 0.2) is 40.8 Å². The van der Waals surface area contributed by atoms with Crippen molar-refractivity contribution in [2.45, 2.75) is 52.9 Å². The third kappa shape index (κ3) is 3.48. The molecule has 0 unspecified atom stereocenters. The van der Waals surface area contributed by atoms with Crippen LogP contribution in [-0.2, 0) is 14.3 Å². The Kier molecular flexibility index (Phi) is 5.08. The molecule has 2 aliphatic rings. The van der Waals surface area contributed by atoms with Crippen molar-refractivity contribution < 1.29 is 14.3 Å². The standard InChI is InChI=1S/C21H26N2O3/c1-5-10-26-20(25)17-13(2)23-15-11-21(3,4)12-16(24)19(15)18(17)14-6-8-22-9-7-14/h6-9,18-19H,5,10-12H2,1-4H3/t18-,19-/m0/s1. The average Bonchev–Trinajstić information content (AvgIpc) is 2.58. The number of allylic oxidation sites excluding steroid dienone is 1. The molecule has 3 rings (SSSR count). The third-order valence-electron chi connectivity index (χ3n) is 5.09. The number of hydrogen-bond acceptors (Lipinski definition) is 5. The molecule has 0 bridgehead atoms. The van der Waals surface area contributed by atoms with E-state index in [2.05, 4.69) is 18.8 Å². The normalized spacial score (nSPS) is 24.8. The number of esters is 1. The fourth-order valence-corrected chi connectivity index (χ4v) is 4.06. The number of ketones is 1. The molecule has 1 aromatic heterocycles. The predicted octanol–water partition coefficient (Wildman–Crippen LogP) is 3.85. The van der Waals surface area contributed by atoms with E-state index >= 15 is 0 Å². The van der Waals surface area contributed by atoms with Gasteiger partial charge < -0.3 is 4.74 Å². The third-order valence-corrected chi connectivity index (χ3v) is 5.09. The lowest BCUT2D eigenvalue weighted by atomic mass is 9.63. The molecule has 0 N–H and O–H groups in total. The van der Waals surface area contributed by atoms with Gasteiger partial charge in [0.25, 0.3) is 0 Å². The monoisotopic (exact) mass is 354 g/mol. The van der Waals surface area contributed by atoms with Gasteiger partial charge in [0.05, 0.1) is 18.1 Å². The Morgan fingerprint density at radius 1 is 1.23 bits per heavy atom. The highest BCUT2D eigenvalue weighted by molar-refractivity contribution is 6.12. The Bertz CT molecular complexity index is 778. The lowest BCUT2D eigenvalue weighted by Crippen LogP contribution is -2.44. The molecule has 138 valence electrons. The minimum atomic E-state index is -0.390. The molecule has 5 heteroatoms. The fraction of sp³-hybridized carbons (Fsp3) is 0.524. The number of carbonyl (C=O) groups excluding carboxylic acids is 2. The summed E-state index contributed by atoms with van der Waals surface area (Å²) in [5, 5.41) is 0. The average molecular weight is 354 g/mol. The summed E-state index contributed by atoms with van der Waals surface area (Å²) in [5.74, 6) is -0.960. The van der Waals surface area contributed by atoms with Gasteiger partial charge in [-0.05, 0) is 42.9 Å². The topological polar surface area (TPSA) is 68.6 Å². The molecule has 0 aromatic carbocycles. The van der Waals surface area contributed by atoms with Gasteiger partial charge in [0.2, 0.25) is 0 Å². The van der Waals surface area contributed by atoms with E-state index < -0.39 is 5.92 Å². The summed E-state index contributed by atoms with van der Waals surface area (Å²) in [6.45, 7) is 8.34. The van der Waals surface area contributed by atoms with E-state index in [1.807, 2.05) is 26.0 Å². The smallest absolute Gasteiger partial charge is 0.336 e. The number of hydrogen-bond donors (Lipinski definition) is 0. The van der Waals surface area contributed by atoms with Crippen LogP contribution >= 0.6 is 0 Å². The van der Waals surface area contributed by atoms with Crippen LogP contribution in [0.4, 0.5) is 0 Å². The zero-order chi connectivity index (χ0) is 18.9. The molecule has 26 heavy (non-hydrogen) atoms. The number of aliphatic imine (C=N–C) groups is 1. The van der Waals surface area contributed by atoms with E-state index in [-0.39, 0.29) is 23.1 Å². The Morgan fingerprint density at radius 3 is 2.58 bits per heavy atom. The van der Waals surface area contributed by atoms with E-state index in [1.54, 1.807) is 12.4 Å². The molecule has 1 aromatic rings. The Labute approximate surface area is 154 Å². The van der Waals surface area contributed by atoms with Crippen molar-refractivity contribution >= 4 is 17.5 Å². The number of aromatic nitrogens is 1. The summed E-state index contributed by atoms with van der Waals surface area (Å²) < 4.78 is 5.42. The zero-order valence-corrected chi connectivity index (χ0v) is 15.9. The first-order valence-corrected chi connectivity index (χ1v) is 9.22. The van der Waals surface area contributed by atoms with Crippen LogP contribution in [0.25, 0.3) is 0 Å². The van der Waals surface area contributed by atoms with Crippen molar-refractivity contribution in [3.05, 3.63) is 41.4 Å². The molecule has 0 radical (unpaired) electrons. The molecule has 0 amide bonds. The first-order chi connectivity index (χ1) is 12.3. The van der Waals surface area contributed by atoms with E-state index in [0.29, 0.717) is 24.3 Å². The highest BCUT2D eigenvalue weighted by Gasteiger charge is 2.47. The van der Waals surface area contributed by atoms with Crippen LogP contribution in [0.5, 0.6) is 0 Å². The van der Waals surface area contributed by atoms with Crippen molar-refractivity contribution in [1.29, 1.82) is 0 Å². The van der Waals surface area contributed by atoms with Crippen molar-refractivity contribution in [1.82, 2.24) is 4.98 Å². The van der Waals surface area contributed by atoms with Gasteiger partial charge in [-0.3, -0.25) is 14.8 Å². The maximum atomic E-state index is 13.0. The van der Waals surface area contributed by atoms with Gasteiger partial charge >= 0.3 is 5.97 Å². The zero-order valence-electron chi connectivity index (χ0n) is 15.9. The van der Waals surface area contributed by atoms with Crippen LogP contribution in [-0.4, -0.2) is 29.1 Å². The Morgan fingerprint density at radius 2 is 1.92 bits per heavy atom. The first-order valence-electron chi connectivity index (χ1n) is 9.22. The van der Waals surface area contributed by atoms with Crippen molar-refractivity contribution in [3.63, 3.8) is 0 Å². The molecule has 0 saturated heterocycles. The summed E-state index contributed by atoms with van der Waals surface area (Å²) in [7, 11) is 0. The van der Waals surface area contributed by atoms with Crippen LogP contribution in [0.3, 0.4) is 0 Å². The van der Waals surface area contributed by atoms with Crippen LogP contribution in [0.1, 0.15) is 58.4 Å². The van der Waals surface area contributed by atoms with Crippen molar-refractivity contribution in [3.8, 4) is 0 Å². The van der Waals surface area contributed by atoms with Crippen LogP contribution in [0.2, 0.25) is 0 Å². The molecule has 2 atom stereocenters. The fourth-order valence-electron chi connectivity index (χ4n) is 4.06. The van der Waals surface area contributed by atoms with Gasteiger partial charge in [0, 0.05) is 36.1 Å². The van der Waals surface area contributed by atoms with Crippen molar-refractivity contribution in [2.24, 2.45) is 16.3 Å². The molecule has 1 fully saturated rings. The molecule has 0 spiro atoms. The molecule has 5 nitrogen and oxygen atoms in total. The Hall–Kier alpha value is -2.30. The van der Waals surface area contributed by atoms with E-state index in [1.165, 1.54) is 0 Å². The minimum absolute atomic E-state index is 0.101. The first kappa shape index (κ1) is 18.5. The van der Waals surface area contributed by atoms with Gasteiger partial charge in [-0.15, -0.1) is 0 Å². The number of nitrogens with zero attached hydrogens (tertiary/aromatic N) is 2. The molecule has 2 heterocycles. The van der Waals surface area contributed by atoms with E-state index in [9.17, 15) is 9.59 Å². The van der Waals surface area contributed by atoms with Gasteiger partial charge in [0.1, 0.15) is 5.78 Å². The van der Waals surface area contributed by atoms with Gasteiger partial charge in [-0.25, -0.2) is 4.79 Å². The molecule has 1 aliphatic heterocycles. The second-order valence-corrected chi connectivity index (χ2v) is 7.96. The highest BCUT2D eigenvalue weighted by Crippen LogP contribution is 2.46. The second kappa shape index (κ2) is 7.14. The quantitative estimate of drug-likeness (QED) is 0.770. The van der Waals surface area contributed by atoms with Gasteiger partial charge in [0.15, 0.2) is 0 Å². The molecule has 1 aliphatic carbocycles. The summed E-state index contributed by atoms with van der Waals surface area (Å²) in [6.07, 6.45) is 5.40. The second-order valence-electron chi connectivity index (χ2n) is 7.96. The molecular weight excluding hydrogens is 328 g/mol. The van der Waals surface area contributed by atoms with Gasteiger partial charge in [-0.2, -0.15) is 0 Å². The van der Waals surface area contributed by atoms with Gasteiger partial charge in [-0.1, -0.05) is 20.8 Å². The number of rotatable bonds is 4. The van der Waals surface area contributed by atoms with Crippen molar-refractivity contribution in [2.75, 3.05) is 6.61 Å². The minimum Gasteiger partial charge on any atom is -0.462 e. The highest BCUT2D eigenvalue weighted by atomic mass is 16.5. The largest absolute Gasteiger partial charge is 0.462 e. The summed E-state index contributed by atoms with van der Waals surface area (Å²) in [4.78, 5) is 34.6. The number of Topliss-reactive ketones (excluding diaryl/α,β-unsaturated/α-hetero) is 1. The maximum Gasteiger partial charge on any atom is 0.336 e. The number of carbonyl (C=O) groups is 2. The summed E-state index contributed by atoms with van der Waals surface area (Å²) in [6, 6.07) is 3.75. The number of ether oxygens (including phenoxy) is 1. The van der Waals surface area contributed by atoms with Crippen LogP contribution in [0, 0.1) is 11.3 Å². The lowest BCUT2D eigenvalue weighted by Gasteiger charge is -2.41. The molecular formula is C21H26N2O3. The van der Waals surface area contributed by atoms with E-state index in [4.69, 9.17) is 9.73 Å². The summed E-state index contributed by atoms with van der Waals surface area (Å²) >= 11 is 0.